The molecule has 58 heavy (non-hydrogen) atoms. The minimum absolute atomic E-state index is 0.0552. The molecule has 340 valence electrons. The number of hydrogen-bond donors (Lipinski definition) is 1. The van der Waals surface area contributed by atoms with Gasteiger partial charge in [0.05, 0.1) is 40.5 Å². The lowest BCUT2D eigenvalue weighted by Crippen LogP contribution is -2.48. The highest BCUT2D eigenvalue weighted by atomic mass is 16.6. The van der Waals surface area contributed by atoms with Crippen molar-refractivity contribution in [1.29, 1.82) is 0 Å². The van der Waals surface area contributed by atoms with Gasteiger partial charge in [-0.05, 0) is 77.0 Å². The molecule has 1 N–H and O–H groups in total. The van der Waals surface area contributed by atoms with Crippen LogP contribution in [0.3, 0.4) is 0 Å². The van der Waals surface area contributed by atoms with E-state index in [9.17, 15) is 14.4 Å². The normalized spacial score (nSPS) is 12.4. The molecular weight excluding hydrogens is 731 g/mol. The van der Waals surface area contributed by atoms with Gasteiger partial charge in [0.15, 0.2) is 6.10 Å². The summed E-state index contributed by atoms with van der Waals surface area (Å²) in [5, 5.41) is 8.77. The molecule has 0 aromatic rings. The number of likely N-dealkylation sites (N-methyl/N-ethyl adjacent to an activating group) is 1. The topological polar surface area (TPSA) is 108 Å². The summed E-state index contributed by atoms with van der Waals surface area (Å²) in [6.45, 7) is 6.50. The van der Waals surface area contributed by atoms with Crippen molar-refractivity contribution in [2.75, 3.05) is 60.2 Å². The lowest BCUT2D eigenvalue weighted by molar-refractivity contribution is -0.893. The van der Waals surface area contributed by atoms with Crippen LogP contribution in [0.2, 0.25) is 0 Å². The molecule has 0 radical (unpaired) electrons. The van der Waals surface area contributed by atoms with Crippen molar-refractivity contribution in [2.24, 2.45) is 0 Å². The lowest BCUT2D eigenvalue weighted by Gasteiger charge is -2.33. The first-order valence-corrected chi connectivity index (χ1v) is 24.0. The fourth-order valence-corrected chi connectivity index (χ4v) is 7.04. The van der Waals surface area contributed by atoms with Crippen LogP contribution in [0.15, 0.2) is 24.3 Å². The van der Waals surface area contributed by atoms with Gasteiger partial charge in [-0.25, -0.2) is 0 Å². The number of unbranched alkanes of at least 4 members (excludes halogenated alkanes) is 22. The molecule has 9 heteroatoms. The van der Waals surface area contributed by atoms with Gasteiger partial charge in [-0.3, -0.25) is 14.4 Å². The zero-order valence-corrected chi connectivity index (χ0v) is 38.3. The molecule has 0 fully saturated rings. The Kier molecular flexibility index (Phi) is 41.2. The number of aliphatic hydroxyl groups is 1. The first-order valence-electron chi connectivity index (χ1n) is 24.0. The molecule has 0 saturated heterocycles. The van der Waals surface area contributed by atoms with E-state index in [0.29, 0.717) is 36.7 Å². The molecule has 0 saturated carbocycles. The Bertz CT molecular complexity index is 997. The van der Waals surface area contributed by atoms with Gasteiger partial charge in [0.1, 0.15) is 19.8 Å². The second-order valence-electron chi connectivity index (χ2n) is 17.0. The Morgan fingerprint density at radius 3 is 1.40 bits per heavy atom. The molecule has 1 unspecified atom stereocenters. The van der Waals surface area contributed by atoms with Gasteiger partial charge in [0.2, 0.25) is 0 Å². The van der Waals surface area contributed by atoms with E-state index >= 15 is 0 Å². The summed E-state index contributed by atoms with van der Waals surface area (Å²) >= 11 is 0. The molecule has 0 amide bonds. The van der Waals surface area contributed by atoms with E-state index in [-0.39, 0.29) is 50.9 Å². The fourth-order valence-electron chi connectivity index (χ4n) is 7.04. The van der Waals surface area contributed by atoms with E-state index in [1.54, 1.807) is 0 Å². The third-order valence-corrected chi connectivity index (χ3v) is 10.6. The maximum absolute atomic E-state index is 13.0. The Morgan fingerprint density at radius 1 is 0.500 bits per heavy atom. The van der Waals surface area contributed by atoms with E-state index in [2.05, 4.69) is 52.2 Å². The minimum Gasteiger partial charge on any atom is -0.463 e. The quantitative estimate of drug-likeness (QED) is 0.0213. The molecule has 0 aliphatic heterocycles. The van der Waals surface area contributed by atoms with E-state index in [0.717, 1.165) is 64.3 Å². The summed E-state index contributed by atoms with van der Waals surface area (Å²) in [6.07, 6.45) is 41.4. The molecule has 0 spiro atoms. The van der Waals surface area contributed by atoms with Crippen molar-refractivity contribution in [3.8, 4) is 0 Å². The van der Waals surface area contributed by atoms with Crippen LogP contribution in [-0.2, 0) is 33.3 Å². The maximum atomic E-state index is 13.0. The minimum atomic E-state index is -0.525. The summed E-state index contributed by atoms with van der Waals surface area (Å²) in [5.74, 6) is -0.722. The van der Waals surface area contributed by atoms with Crippen molar-refractivity contribution in [1.82, 2.24) is 0 Å². The zero-order valence-electron chi connectivity index (χ0n) is 38.3. The van der Waals surface area contributed by atoms with Gasteiger partial charge in [-0.2, -0.15) is 0 Å². The van der Waals surface area contributed by atoms with Gasteiger partial charge >= 0.3 is 17.9 Å². The standard InChI is InChI=1S/C49H92NO8/c1-5-7-9-11-13-15-17-19-21-23-24-26-28-30-32-36-48(53)57-45-46(44-50(3,4)39-35-34-37-47(52)56-43-42-55-41-40-51)58-49(54)38-33-31-29-27-25-22-20-18-16-14-12-10-8-6-2/h18-21,46,51H,5-17,22-45H2,1-4H3/q+1/b20-18-,21-19-. The third-order valence-electron chi connectivity index (χ3n) is 10.6. The van der Waals surface area contributed by atoms with Crippen LogP contribution in [0, 0.1) is 0 Å². The number of rotatable bonds is 44. The monoisotopic (exact) mass is 823 g/mol. The number of ether oxygens (including phenoxy) is 4. The van der Waals surface area contributed by atoms with Crippen LogP contribution in [0.5, 0.6) is 0 Å². The van der Waals surface area contributed by atoms with E-state index in [1.807, 2.05) is 0 Å². The molecule has 0 aromatic carbocycles. The largest absolute Gasteiger partial charge is 0.463 e. The second kappa shape index (κ2) is 42.9. The highest BCUT2D eigenvalue weighted by Crippen LogP contribution is 2.15. The molecule has 0 aliphatic carbocycles. The lowest BCUT2D eigenvalue weighted by atomic mass is 10.1. The first kappa shape index (κ1) is 55.8. The Balaban J connectivity index is 4.55. The number of quaternary nitrogens is 1. The number of carbonyl (C=O) groups is 3. The van der Waals surface area contributed by atoms with E-state index in [1.165, 1.54) is 109 Å². The highest BCUT2D eigenvalue weighted by molar-refractivity contribution is 5.70. The molecule has 0 heterocycles. The third kappa shape index (κ3) is 41.9. The molecule has 0 aliphatic rings. The number of aliphatic hydroxyl groups excluding tert-OH is 1. The summed E-state index contributed by atoms with van der Waals surface area (Å²) < 4.78 is 22.5. The van der Waals surface area contributed by atoms with Crippen LogP contribution in [0.4, 0.5) is 0 Å². The molecule has 0 aromatic heterocycles. The Hall–Kier alpha value is -2.23. The summed E-state index contributed by atoms with van der Waals surface area (Å²) in [6, 6.07) is 0. The average molecular weight is 823 g/mol. The summed E-state index contributed by atoms with van der Waals surface area (Å²) in [7, 11) is 4.15. The predicted molar refractivity (Wildman–Crippen MR) is 240 cm³/mol. The molecular formula is C49H92NO8+. The van der Waals surface area contributed by atoms with Crippen LogP contribution in [0.25, 0.3) is 0 Å². The van der Waals surface area contributed by atoms with Crippen molar-refractivity contribution in [3.63, 3.8) is 0 Å². The van der Waals surface area contributed by atoms with Crippen molar-refractivity contribution in [2.45, 2.75) is 213 Å². The smallest absolute Gasteiger partial charge is 0.306 e. The van der Waals surface area contributed by atoms with Gasteiger partial charge in [0, 0.05) is 19.3 Å². The molecule has 1 atom stereocenters. The predicted octanol–water partition coefficient (Wildman–Crippen LogP) is 11.9. The molecule has 0 bridgehead atoms. The molecule has 9 nitrogen and oxygen atoms in total. The van der Waals surface area contributed by atoms with Crippen LogP contribution in [0.1, 0.15) is 206 Å². The SMILES string of the molecule is CCCCCCC/C=C\CCCCCCCC(=O)OC(COC(=O)CCCCCCC/C=C\CCCCCCCC)C[N+](C)(C)CCCCC(=O)OCCOCCO. The van der Waals surface area contributed by atoms with Gasteiger partial charge in [-0.1, -0.05) is 134 Å². The highest BCUT2D eigenvalue weighted by Gasteiger charge is 2.26. The van der Waals surface area contributed by atoms with Gasteiger partial charge < -0.3 is 28.5 Å². The average Bonchev–Trinajstić information content (AvgIpc) is 3.20. The number of hydrogen-bond acceptors (Lipinski definition) is 8. The first-order chi connectivity index (χ1) is 28.2. The van der Waals surface area contributed by atoms with Crippen molar-refractivity contribution >= 4 is 17.9 Å². The summed E-state index contributed by atoms with van der Waals surface area (Å²) in [4.78, 5) is 37.7. The van der Waals surface area contributed by atoms with E-state index in [4.69, 9.17) is 24.1 Å². The molecule has 0 rings (SSSR count). The van der Waals surface area contributed by atoms with Gasteiger partial charge in [0.25, 0.3) is 0 Å². The van der Waals surface area contributed by atoms with Crippen LogP contribution >= 0.6 is 0 Å². The second-order valence-corrected chi connectivity index (χ2v) is 17.0. The Morgan fingerprint density at radius 2 is 0.914 bits per heavy atom. The Labute approximate surface area is 357 Å². The number of allylic oxidation sites excluding steroid dienone is 4. The summed E-state index contributed by atoms with van der Waals surface area (Å²) in [5.41, 5.74) is 0. The number of nitrogens with zero attached hydrogens (tertiary/aromatic N) is 1. The zero-order chi connectivity index (χ0) is 42.6. The van der Waals surface area contributed by atoms with Gasteiger partial charge in [-0.15, -0.1) is 0 Å². The number of esters is 3. The van der Waals surface area contributed by atoms with Crippen molar-refractivity contribution < 1.29 is 42.9 Å². The van der Waals surface area contributed by atoms with Crippen molar-refractivity contribution in [3.05, 3.63) is 24.3 Å². The van der Waals surface area contributed by atoms with E-state index < -0.39 is 6.10 Å². The van der Waals surface area contributed by atoms with Crippen LogP contribution in [-0.4, -0.2) is 93.8 Å². The number of carbonyl (C=O) groups excluding carboxylic acids is 3. The fraction of sp³-hybridized carbons (Fsp3) is 0.857. The maximum Gasteiger partial charge on any atom is 0.306 e. The van der Waals surface area contributed by atoms with Crippen LogP contribution < -0.4 is 0 Å².